The molecule has 0 radical (unpaired) electrons. The third-order valence-corrected chi connectivity index (χ3v) is 4.41. The normalized spacial score (nSPS) is 10.6. The van der Waals surface area contributed by atoms with Crippen molar-refractivity contribution in [3.05, 3.63) is 67.8 Å². The fraction of sp³-hybridized carbons (Fsp3) is 0.250. The van der Waals surface area contributed by atoms with Gasteiger partial charge in [0.2, 0.25) is 0 Å². The second kappa shape index (κ2) is 5.21. The van der Waals surface area contributed by atoms with Crippen molar-refractivity contribution in [2.45, 2.75) is 27.2 Å². The summed E-state index contributed by atoms with van der Waals surface area (Å²) >= 11 is 2.38. The van der Waals surface area contributed by atoms with Crippen molar-refractivity contribution in [3.8, 4) is 0 Å². The monoisotopic (exact) mass is 336 g/mol. The molecule has 17 heavy (non-hydrogen) atoms. The Morgan fingerprint density at radius 1 is 0.765 bits per heavy atom. The predicted molar refractivity (Wildman–Crippen MR) is 82.6 cm³/mol. The minimum Gasteiger partial charge on any atom is -0.0588 e. The summed E-state index contributed by atoms with van der Waals surface area (Å²) in [4.78, 5) is 0. The summed E-state index contributed by atoms with van der Waals surface area (Å²) in [6.45, 7) is 6.51. The molecule has 0 fully saturated rings. The molecular formula is C16H17I. The van der Waals surface area contributed by atoms with Crippen LogP contribution in [0.3, 0.4) is 0 Å². The second-order valence-corrected chi connectivity index (χ2v) is 5.84. The molecule has 0 bridgehead atoms. The molecule has 0 N–H and O–H groups in total. The summed E-state index contributed by atoms with van der Waals surface area (Å²) < 4.78 is 1.34. The maximum Gasteiger partial charge on any atom is 0.0159 e. The summed E-state index contributed by atoms with van der Waals surface area (Å²) in [5.41, 5.74) is 6.91. The van der Waals surface area contributed by atoms with E-state index in [1.165, 1.54) is 31.4 Å². The molecule has 0 heterocycles. The van der Waals surface area contributed by atoms with Gasteiger partial charge in [-0.1, -0.05) is 30.3 Å². The summed E-state index contributed by atoms with van der Waals surface area (Å²) in [5, 5.41) is 0. The lowest BCUT2D eigenvalue weighted by atomic mass is 10.00. The van der Waals surface area contributed by atoms with Crippen molar-refractivity contribution < 1.29 is 0 Å². The van der Waals surface area contributed by atoms with Crippen LogP contribution in [0.4, 0.5) is 0 Å². The van der Waals surface area contributed by atoms with Gasteiger partial charge in [-0.05, 0) is 83.7 Å². The van der Waals surface area contributed by atoms with Gasteiger partial charge in [0.05, 0.1) is 0 Å². The Labute approximate surface area is 117 Å². The van der Waals surface area contributed by atoms with E-state index < -0.39 is 0 Å². The largest absolute Gasteiger partial charge is 0.0588 e. The number of hydrogen-bond acceptors (Lipinski definition) is 0. The van der Waals surface area contributed by atoms with E-state index in [0.717, 1.165) is 6.42 Å². The highest BCUT2D eigenvalue weighted by Crippen LogP contribution is 2.17. The minimum atomic E-state index is 1.03. The maximum atomic E-state index is 2.38. The lowest BCUT2D eigenvalue weighted by Gasteiger charge is -2.07. The molecule has 2 aromatic carbocycles. The molecule has 0 saturated heterocycles. The van der Waals surface area contributed by atoms with Crippen LogP contribution in [0.5, 0.6) is 0 Å². The summed E-state index contributed by atoms with van der Waals surface area (Å²) in [6, 6.07) is 13.5. The first-order chi connectivity index (χ1) is 8.06. The highest BCUT2D eigenvalue weighted by Gasteiger charge is 2.01. The van der Waals surface area contributed by atoms with Gasteiger partial charge < -0.3 is 0 Å². The van der Waals surface area contributed by atoms with Gasteiger partial charge in [-0.25, -0.2) is 0 Å². The van der Waals surface area contributed by atoms with Crippen LogP contribution in [0.25, 0.3) is 0 Å². The van der Waals surface area contributed by atoms with Gasteiger partial charge in [0.1, 0.15) is 0 Å². The van der Waals surface area contributed by atoms with Crippen LogP contribution in [0.2, 0.25) is 0 Å². The third-order valence-electron chi connectivity index (χ3n) is 3.20. The van der Waals surface area contributed by atoms with Gasteiger partial charge in [-0.3, -0.25) is 0 Å². The van der Waals surface area contributed by atoms with Crippen LogP contribution in [0, 0.1) is 24.3 Å². The van der Waals surface area contributed by atoms with Crippen LogP contribution in [-0.2, 0) is 6.42 Å². The van der Waals surface area contributed by atoms with Gasteiger partial charge in [0.25, 0.3) is 0 Å². The lowest BCUT2D eigenvalue weighted by Crippen LogP contribution is -1.92. The number of aryl methyl sites for hydroxylation is 3. The molecule has 88 valence electrons. The van der Waals surface area contributed by atoms with E-state index >= 15 is 0 Å². The second-order valence-electron chi connectivity index (χ2n) is 4.68. The molecule has 0 saturated carbocycles. The molecule has 0 amide bonds. The van der Waals surface area contributed by atoms with Crippen molar-refractivity contribution in [2.24, 2.45) is 0 Å². The molecule has 0 spiro atoms. The number of rotatable bonds is 2. The van der Waals surface area contributed by atoms with Crippen LogP contribution >= 0.6 is 22.6 Å². The fourth-order valence-corrected chi connectivity index (χ4v) is 2.30. The molecular weight excluding hydrogens is 319 g/mol. The number of benzene rings is 2. The zero-order chi connectivity index (χ0) is 12.4. The first-order valence-corrected chi connectivity index (χ1v) is 6.95. The Morgan fingerprint density at radius 2 is 1.35 bits per heavy atom. The highest BCUT2D eigenvalue weighted by molar-refractivity contribution is 14.1. The average molecular weight is 336 g/mol. The van der Waals surface area contributed by atoms with E-state index in [1.807, 2.05) is 0 Å². The number of halogens is 1. The molecule has 1 heteroatoms. The van der Waals surface area contributed by atoms with Crippen molar-refractivity contribution in [3.63, 3.8) is 0 Å². The Kier molecular flexibility index (Phi) is 3.87. The Bertz CT molecular complexity index is 492. The molecule has 0 atom stereocenters. The molecule has 0 aliphatic carbocycles. The first-order valence-electron chi connectivity index (χ1n) is 5.87. The molecule has 0 unspecified atom stereocenters. The highest BCUT2D eigenvalue weighted by atomic mass is 127. The van der Waals surface area contributed by atoms with E-state index in [-0.39, 0.29) is 0 Å². The Morgan fingerprint density at radius 3 is 1.94 bits per heavy atom. The minimum absolute atomic E-state index is 1.03. The SMILES string of the molecule is Cc1ccc(Cc2ccc(I)c(C)c2)cc1C. The van der Waals surface area contributed by atoms with Gasteiger partial charge in [0, 0.05) is 3.57 Å². The quantitative estimate of drug-likeness (QED) is 0.691. The van der Waals surface area contributed by atoms with Crippen LogP contribution in [0.15, 0.2) is 36.4 Å². The van der Waals surface area contributed by atoms with Crippen LogP contribution in [-0.4, -0.2) is 0 Å². The van der Waals surface area contributed by atoms with Gasteiger partial charge >= 0.3 is 0 Å². The van der Waals surface area contributed by atoms with Gasteiger partial charge in [-0.15, -0.1) is 0 Å². The molecule has 0 aliphatic heterocycles. The van der Waals surface area contributed by atoms with Crippen molar-refractivity contribution in [1.82, 2.24) is 0 Å². The smallest absolute Gasteiger partial charge is 0.0159 e. The number of hydrogen-bond donors (Lipinski definition) is 0. The zero-order valence-corrected chi connectivity index (χ0v) is 12.7. The van der Waals surface area contributed by atoms with Crippen LogP contribution < -0.4 is 0 Å². The third kappa shape index (κ3) is 3.09. The first kappa shape index (κ1) is 12.6. The fourth-order valence-electron chi connectivity index (χ4n) is 1.97. The maximum absolute atomic E-state index is 2.38. The molecule has 2 aromatic rings. The molecule has 2 rings (SSSR count). The standard InChI is InChI=1S/C16H17I/c1-11-4-5-14(8-12(11)2)10-15-6-7-16(17)13(3)9-15/h4-9H,10H2,1-3H3. The lowest BCUT2D eigenvalue weighted by molar-refractivity contribution is 1.16. The summed E-state index contributed by atoms with van der Waals surface area (Å²) in [6.07, 6.45) is 1.03. The van der Waals surface area contributed by atoms with Gasteiger partial charge in [0.15, 0.2) is 0 Å². The van der Waals surface area contributed by atoms with Crippen molar-refractivity contribution in [1.29, 1.82) is 0 Å². The average Bonchev–Trinajstić information content (AvgIpc) is 2.29. The topological polar surface area (TPSA) is 0 Å². The van der Waals surface area contributed by atoms with E-state index in [9.17, 15) is 0 Å². The molecule has 0 aliphatic rings. The zero-order valence-electron chi connectivity index (χ0n) is 10.5. The van der Waals surface area contributed by atoms with Gasteiger partial charge in [-0.2, -0.15) is 0 Å². The van der Waals surface area contributed by atoms with E-state index in [0.29, 0.717) is 0 Å². The van der Waals surface area contributed by atoms with E-state index in [2.05, 4.69) is 79.8 Å². The summed E-state index contributed by atoms with van der Waals surface area (Å²) in [7, 11) is 0. The van der Waals surface area contributed by atoms with Crippen LogP contribution in [0.1, 0.15) is 27.8 Å². The van der Waals surface area contributed by atoms with Crippen molar-refractivity contribution >= 4 is 22.6 Å². The Balaban J connectivity index is 2.25. The molecule has 0 nitrogen and oxygen atoms in total. The predicted octanol–water partition coefficient (Wildman–Crippen LogP) is 4.81. The summed E-state index contributed by atoms with van der Waals surface area (Å²) in [5.74, 6) is 0. The molecule has 0 aromatic heterocycles. The Hall–Kier alpha value is -0.830. The van der Waals surface area contributed by atoms with Crippen molar-refractivity contribution in [2.75, 3.05) is 0 Å². The van der Waals surface area contributed by atoms with E-state index in [4.69, 9.17) is 0 Å². The van der Waals surface area contributed by atoms with E-state index in [1.54, 1.807) is 0 Å².